The minimum absolute atomic E-state index is 0.190. The van der Waals surface area contributed by atoms with Gasteiger partial charge in [0.15, 0.2) is 0 Å². The Morgan fingerprint density at radius 3 is 2.46 bits per heavy atom. The molecule has 3 rings (SSSR count). The van der Waals surface area contributed by atoms with Gasteiger partial charge in [-0.05, 0) is 31.2 Å². The first-order valence-corrected chi connectivity index (χ1v) is 7.84. The van der Waals surface area contributed by atoms with Crippen molar-refractivity contribution in [2.75, 3.05) is 0 Å². The smallest absolute Gasteiger partial charge is 0.405 e. The van der Waals surface area contributed by atoms with E-state index in [1.165, 1.54) is 6.92 Å². The van der Waals surface area contributed by atoms with E-state index in [1.54, 1.807) is 6.07 Å². The minimum Gasteiger partial charge on any atom is -0.465 e. The third-order valence-corrected chi connectivity index (χ3v) is 3.95. The molecule has 0 aliphatic carbocycles. The summed E-state index contributed by atoms with van der Waals surface area (Å²) >= 11 is 0. The van der Waals surface area contributed by atoms with Gasteiger partial charge in [-0.3, -0.25) is 9.36 Å². The fourth-order valence-electron chi connectivity index (χ4n) is 2.82. The van der Waals surface area contributed by atoms with Gasteiger partial charge in [0.25, 0.3) is 5.56 Å². The van der Waals surface area contributed by atoms with Gasteiger partial charge < -0.3 is 10.4 Å². The van der Waals surface area contributed by atoms with Crippen LogP contribution in [-0.2, 0) is 0 Å². The van der Waals surface area contributed by atoms with Crippen molar-refractivity contribution in [1.29, 1.82) is 5.26 Å². The van der Waals surface area contributed by atoms with Crippen LogP contribution in [0.2, 0.25) is 0 Å². The molecule has 1 heterocycles. The molecule has 28 heavy (non-hydrogen) atoms. The molecule has 0 saturated heterocycles. The van der Waals surface area contributed by atoms with E-state index in [-0.39, 0.29) is 17.1 Å². The molecule has 2 aromatic carbocycles. The topological polar surface area (TPSA) is 108 Å². The van der Waals surface area contributed by atoms with Crippen molar-refractivity contribution in [3.8, 4) is 11.8 Å². The van der Waals surface area contributed by atoms with Gasteiger partial charge >= 0.3 is 6.09 Å². The Hall–Kier alpha value is -3.87. The maximum absolute atomic E-state index is 14.3. The monoisotopic (exact) mass is 388 g/mol. The number of nitrogens with one attached hydrogen (secondary N) is 1. The average molecular weight is 388 g/mol. The average Bonchev–Trinajstić information content (AvgIpc) is 2.60. The third-order valence-electron chi connectivity index (χ3n) is 3.95. The van der Waals surface area contributed by atoms with Gasteiger partial charge in [-0.1, -0.05) is 0 Å². The molecule has 0 saturated carbocycles. The maximum atomic E-state index is 14.3. The summed E-state index contributed by atoms with van der Waals surface area (Å²) in [6.45, 7) is 1.32. The number of halogens is 3. The molecule has 0 fully saturated rings. The lowest BCUT2D eigenvalue weighted by atomic mass is 10.1. The molecular formula is C18H11F3N4O3. The van der Waals surface area contributed by atoms with Crippen LogP contribution in [0.3, 0.4) is 0 Å². The SMILES string of the molecule is CC(NC(=O)O)c1nc2c(F)ccc(C#N)c2c(=O)n1-c1cc(F)cc(F)c1. The molecule has 1 unspecified atom stereocenters. The molecule has 2 N–H and O–H groups in total. The third kappa shape index (κ3) is 3.25. The molecule has 7 nitrogen and oxygen atoms in total. The second-order valence-corrected chi connectivity index (χ2v) is 5.84. The number of aromatic nitrogens is 2. The Morgan fingerprint density at radius 2 is 1.89 bits per heavy atom. The van der Waals surface area contributed by atoms with E-state index in [2.05, 4.69) is 10.3 Å². The summed E-state index contributed by atoms with van der Waals surface area (Å²) in [4.78, 5) is 28.1. The zero-order valence-corrected chi connectivity index (χ0v) is 14.2. The second kappa shape index (κ2) is 7.03. The van der Waals surface area contributed by atoms with Gasteiger partial charge in [-0.2, -0.15) is 5.26 Å². The summed E-state index contributed by atoms with van der Waals surface area (Å²) in [6, 6.07) is 4.87. The zero-order chi connectivity index (χ0) is 20.6. The van der Waals surface area contributed by atoms with E-state index >= 15 is 0 Å². The van der Waals surface area contributed by atoms with Crippen LogP contribution in [0.25, 0.3) is 16.6 Å². The van der Waals surface area contributed by atoms with Crippen LogP contribution in [0.4, 0.5) is 18.0 Å². The summed E-state index contributed by atoms with van der Waals surface area (Å²) in [5, 5.41) is 19.9. The summed E-state index contributed by atoms with van der Waals surface area (Å²) in [5.41, 5.74) is -1.91. The molecule has 0 aliphatic heterocycles. The van der Waals surface area contributed by atoms with Crippen molar-refractivity contribution in [2.24, 2.45) is 0 Å². The number of hydrogen-bond acceptors (Lipinski definition) is 4. The number of fused-ring (bicyclic) bond motifs is 1. The summed E-state index contributed by atoms with van der Waals surface area (Å²) in [6.07, 6.45) is -1.45. The van der Waals surface area contributed by atoms with E-state index in [9.17, 15) is 28.0 Å². The molecule has 0 radical (unpaired) electrons. The highest BCUT2D eigenvalue weighted by atomic mass is 19.1. The van der Waals surface area contributed by atoms with Crippen molar-refractivity contribution < 1.29 is 23.1 Å². The van der Waals surface area contributed by atoms with E-state index < -0.39 is 46.0 Å². The predicted octanol–water partition coefficient (Wildman–Crippen LogP) is 3.00. The van der Waals surface area contributed by atoms with Gasteiger partial charge in [-0.25, -0.2) is 22.9 Å². The van der Waals surface area contributed by atoms with E-state index in [0.29, 0.717) is 6.07 Å². The van der Waals surface area contributed by atoms with Crippen LogP contribution in [-0.4, -0.2) is 20.8 Å². The molecule has 1 aromatic heterocycles. The quantitative estimate of drug-likeness (QED) is 0.717. The molecule has 3 aromatic rings. The number of carboxylic acid groups (broad SMARTS) is 1. The van der Waals surface area contributed by atoms with Crippen LogP contribution in [0.15, 0.2) is 35.1 Å². The predicted molar refractivity (Wildman–Crippen MR) is 91.5 cm³/mol. The Bertz CT molecular complexity index is 1200. The van der Waals surface area contributed by atoms with Crippen molar-refractivity contribution >= 4 is 17.0 Å². The molecule has 1 amide bonds. The number of benzene rings is 2. The van der Waals surface area contributed by atoms with Gasteiger partial charge in [0, 0.05) is 6.07 Å². The van der Waals surface area contributed by atoms with Crippen LogP contribution >= 0.6 is 0 Å². The standard InChI is InChI=1S/C18H11F3N4O3/c1-8(23-18(27)28)16-24-15-13(21)3-2-9(7-22)14(15)17(26)25(16)12-5-10(19)4-11(20)6-12/h2-6,8,23H,1H3,(H,27,28). The second-order valence-electron chi connectivity index (χ2n) is 5.84. The van der Waals surface area contributed by atoms with Gasteiger partial charge in [0.1, 0.15) is 34.9 Å². The first-order valence-electron chi connectivity index (χ1n) is 7.84. The van der Waals surface area contributed by atoms with Crippen LogP contribution in [0.5, 0.6) is 0 Å². The Kier molecular flexibility index (Phi) is 4.75. The van der Waals surface area contributed by atoms with Gasteiger partial charge in [-0.15, -0.1) is 0 Å². The van der Waals surface area contributed by atoms with Crippen molar-refractivity contribution in [1.82, 2.24) is 14.9 Å². The number of rotatable bonds is 3. The summed E-state index contributed by atoms with van der Waals surface area (Å²) < 4.78 is 42.4. The summed E-state index contributed by atoms with van der Waals surface area (Å²) in [5.74, 6) is -3.20. The molecule has 142 valence electrons. The van der Waals surface area contributed by atoms with Gasteiger partial charge in [0.05, 0.1) is 22.7 Å². The first-order chi connectivity index (χ1) is 13.2. The highest BCUT2D eigenvalue weighted by molar-refractivity contribution is 5.84. The minimum atomic E-state index is -1.45. The molecule has 1 atom stereocenters. The van der Waals surface area contributed by atoms with E-state index in [1.807, 2.05) is 0 Å². The van der Waals surface area contributed by atoms with E-state index in [0.717, 1.165) is 28.8 Å². The number of carbonyl (C=O) groups is 1. The van der Waals surface area contributed by atoms with E-state index in [4.69, 9.17) is 5.11 Å². The molecule has 0 bridgehead atoms. The molecular weight excluding hydrogens is 377 g/mol. The highest BCUT2D eigenvalue weighted by Crippen LogP contribution is 2.23. The van der Waals surface area contributed by atoms with Crippen molar-refractivity contribution in [3.63, 3.8) is 0 Å². The van der Waals surface area contributed by atoms with Crippen molar-refractivity contribution in [3.05, 3.63) is 69.5 Å². The Balaban J connectivity index is 2.48. The largest absolute Gasteiger partial charge is 0.465 e. The van der Waals surface area contributed by atoms with Crippen molar-refractivity contribution in [2.45, 2.75) is 13.0 Å². The normalized spacial score (nSPS) is 11.8. The Labute approximate surface area is 155 Å². The number of nitriles is 1. The summed E-state index contributed by atoms with van der Waals surface area (Å²) in [7, 11) is 0. The van der Waals surface area contributed by atoms with Crippen LogP contribution < -0.4 is 10.9 Å². The van der Waals surface area contributed by atoms with Crippen LogP contribution in [0.1, 0.15) is 24.4 Å². The maximum Gasteiger partial charge on any atom is 0.405 e. The number of hydrogen-bond donors (Lipinski definition) is 2. The van der Waals surface area contributed by atoms with Crippen LogP contribution in [0, 0.1) is 28.8 Å². The fraction of sp³-hybridized carbons (Fsp3) is 0.111. The first kappa shape index (κ1) is 18.9. The number of amides is 1. The van der Waals surface area contributed by atoms with Gasteiger partial charge in [0.2, 0.25) is 0 Å². The number of nitrogens with zero attached hydrogens (tertiary/aromatic N) is 3. The lowest BCUT2D eigenvalue weighted by molar-refractivity contribution is 0.190. The Morgan fingerprint density at radius 1 is 1.25 bits per heavy atom. The molecule has 0 aliphatic rings. The fourth-order valence-corrected chi connectivity index (χ4v) is 2.82. The lowest BCUT2D eigenvalue weighted by Gasteiger charge is -2.19. The molecule has 0 spiro atoms. The lowest BCUT2D eigenvalue weighted by Crippen LogP contribution is -2.33. The molecule has 10 heteroatoms. The zero-order valence-electron chi connectivity index (χ0n) is 14.2. The highest BCUT2D eigenvalue weighted by Gasteiger charge is 2.23.